The first kappa shape index (κ1) is 18.9. The van der Waals surface area contributed by atoms with E-state index in [1.807, 2.05) is 12.1 Å². The van der Waals surface area contributed by atoms with E-state index in [-0.39, 0.29) is 17.6 Å². The number of rotatable bonds is 5. The van der Waals surface area contributed by atoms with Gasteiger partial charge in [0.25, 0.3) is 0 Å². The minimum Gasteiger partial charge on any atom is -0.405 e. The van der Waals surface area contributed by atoms with Crippen LogP contribution in [-0.4, -0.2) is 34.6 Å². The Kier molecular flexibility index (Phi) is 4.60. The van der Waals surface area contributed by atoms with Crippen LogP contribution in [0, 0.1) is 0 Å². The number of anilines is 1. The summed E-state index contributed by atoms with van der Waals surface area (Å²) >= 11 is 0. The quantitative estimate of drug-likeness (QED) is 0.589. The lowest BCUT2D eigenvalue weighted by molar-refractivity contribution is -0.274. The van der Waals surface area contributed by atoms with Gasteiger partial charge in [0.15, 0.2) is 0 Å². The first-order chi connectivity index (χ1) is 14.5. The van der Waals surface area contributed by atoms with Crippen LogP contribution in [0.3, 0.4) is 0 Å². The van der Waals surface area contributed by atoms with E-state index in [4.69, 9.17) is 4.52 Å². The van der Waals surface area contributed by atoms with Gasteiger partial charge in [-0.15, -0.1) is 13.2 Å². The molecule has 1 aliphatic heterocycles. The maximum Gasteiger partial charge on any atom is 0.573 e. The van der Waals surface area contributed by atoms with Gasteiger partial charge in [-0.2, -0.15) is 4.98 Å². The maximum atomic E-state index is 12.7. The Balaban J connectivity index is 1.31. The van der Waals surface area contributed by atoms with E-state index in [0.29, 0.717) is 29.4 Å². The van der Waals surface area contributed by atoms with Crippen molar-refractivity contribution in [1.29, 1.82) is 0 Å². The zero-order valence-electron chi connectivity index (χ0n) is 16.0. The molecule has 2 atom stereocenters. The summed E-state index contributed by atoms with van der Waals surface area (Å²) < 4.78 is 47.6. The first-order valence-corrected chi connectivity index (χ1v) is 9.87. The molecule has 156 valence electrons. The summed E-state index contributed by atoms with van der Waals surface area (Å²) in [6.45, 7) is 2.08. The average Bonchev–Trinajstić information content (AvgIpc) is 3.13. The normalized spacial score (nSPS) is 21.1. The molecule has 0 N–H and O–H groups in total. The van der Waals surface area contributed by atoms with Crippen LogP contribution in [0.15, 0.2) is 47.1 Å². The number of hydrogen-bond acceptors (Lipinski definition) is 6. The molecule has 2 fully saturated rings. The molecule has 30 heavy (non-hydrogen) atoms. The zero-order valence-corrected chi connectivity index (χ0v) is 16.0. The Bertz CT molecular complexity index is 1030. The highest BCUT2D eigenvalue weighted by Gasteiger charge is 2.46. The van der Waals surface area contributed by atoms with E-state index < -0.39 is 6.36 Å². The van der Waals surface area contributed by atoms with E-state index >= 15 is 0 Å². The van der Waals surface area contributed by atoms with Gasteiger partial charge in [-0.1, -0.05) is 23.4 Å². The molecule has 5 rings (SSSR count). The number of benzene rings is 1. The lowest BCUT2D eigenvalue weighted by Gasteiger charge is -2.16. The molecule has 6 nitrogen and oxygen atoms in total. The third kappa shape index (κ3) is 3.83. The van der Waals surface area contributed by atoms with Crippen LogP contribution in [0.25, 0.3) is 11.5 Å². The number of ether oxygens (including phenoxy) is 1. The molecule has 0 spiro atoms. The Morgan fingerprint density at radius 2 is 1.83 bits per heavy atom. The van der Waals surface area contributed by atoms with Gasteiger partial charge in [0.05, 0.1) is 11.9 Å². The fourth-order valence-corrected chi connectivity index (χ4v) is 3.99. The summed E-state index contributed by atoms with van der Waals surface area (Å²) in [4.78, 5) is 11.2. The standard InChI is InChI=1S/C21H19F3N4O2/c22-21(23,24)29-18-6-2-1-5-14(18)15-11-16(15)20-26-19(27-30-20)17-8-7-13(12-25-17)28-9-3-4-10-28/h1-2,5-8,12,15-16H,3-4,9-11H2. The lowest BCUT2D eigenvalue weighted by atomic mass is 10.1. The number of nitrogens with zero attached hydrogens (tertiary/aromatic N) is 4. The molecular formula is C21H19F3N4O2. The van der Waals surface area contributed by atoms with Crippen LogP contribution < -0.4 is 9.64 Å². The summed E-state index contributed by atoms with van der Waals surface area (Å²) in [7, 11) is 0. The Morgan fingerprint density at radius 1 is 1.03 bits per heavy atom. The van der Waals surface area contributed by atoms with Crippen molar-refractivity contribution in [2.75, 3.05) is 18.0 Å². The van der Waals surface area contributed by atoms with Crippen molar-refractivity contribution in [1.82, 2.24) is 15.1 Å². The lowest BCUT2D eigenvalue weighted by Crippen LogP contribution is -2.18. The summed E-state index contributed by atoms with van der Waals surface area (Å²) in [5.41, 5.74) is 2.17. The predicted octanol–water partition coefficient (Wildman–Crippen LogP) is 4.90. The summed E-state index contributed by atoms with van der Waals surface area (Å²) in [6, 6.07) is 10.0. The number of alkyl halides is 3. The molecule has 2 unspecified atom stereocenters. The smallest absolute Gasteiger partial charge is 0.405 e. The molecule has 0 amide bonds. The Labute approximate surface area is 170 Å². The number of aromatic nitrogens is 3. The van der Waals surface area contributed by atoms with E-state index in [9.17, 15) is 13.2 Å². The van der Waals surface area contributed by atoms with E-state index in [2.05, 4.69) is 24.8 Å². The van der Waals surface area contributed by atoms with Gasteiger partial charge in [-0.3, -0.25) is 4.98 Å². The molecule has 1 aromatic carbocycles. The summed E-state index contributed by atoms with van der Waals surface area (Å²) in [6.07, 6.45) is 0.0822. The van der Waals surface area contributed by atoms with Crippen LogP contribution in [-0.2, 0) is 0 Å². The van der Waals surface area contributed by atoms with Gasteiger partial charge in [0.1, 0.15) is 11.4 Å². The molecule has 3 heterocycles. The van der Waals surface area contributed by atoms with Gasteiger partial charge < -0.3 is 14.2 Å². The average molecular weight is 416 g/mol. The van der Waals surface area contributed by atoms with Gasteiger partial charge >= 0.3 is 6.36 Å². The second kappa shape index (κ2) is 7.30. The van der Waals surface area contributed by atoms with Crippen LogP contribution >= 0.6 is 0 Å². The molecule has 1 saturated heterocycles. The van der Waals surface area contributed by atoms with Crippen LogP contribution in [0.1, 0.15) is 42.6 Å². The number of para-hydroxylation sites is 1. The summed E-state index contributed by atoms with van der Waals surface area (Å²) in [5.74, 6) is 0.317. The van der Waals surface area contributed by atoms with E-state index in [0.717, 1.165) is 18.8 Å². The highest BCUT2D eigenvalue weighted by molar-refractivity contribution is 5.55. The highest BCUT2D eigenvalue weighted by atomic mass is 19.4. The molecule has 2 aliphatic rings. The number of halogens is 3. The monoisotopic (exact) mass is 416 g/mol. The summed E-state index contributed by atoms with van der Waals surface area (Å²) in [5, 5.41) is 4.01. The van der Waals surface area contributed by atoms with Gasteiger partial charge in [-0.25, -0.2) is 0 Å². The van der Waals surface area contributed by atoms with Crippen LogP contribution in [0.4, 0.5) is 18.9 Å². The molecule has 9 heteroatoms. The molecule has 0 radical (unpaired) electrons. The van der Waals surface area contributed by atoms with Crippen molar-refractivity contribution in [3.05, 3.63) is 54.0 Å². The van der Waals surface area contributed by atoms with Crippen LogP contribution in [0.2, 0.25) is 0 Å². The second-order valence-electron chi connectivity index (χ2n) is 7.59. The van der Waals surface area contributed by atoms with Crippen molar-refractivity contribution in [3.63, 3.8) is 0 Å². The van der Waals surface area contributed by atoms with Crippen molar-refractivity contribution >= 4 is 5.69 Å². The fourth-order valence-electron chi connectivity index (χ4n) is 3.99. The minimum atomic E-state index is -4.73. The number of hydrogen-bond donors (Lipinski definition) is 0. The molecular weight excluding hydrogens is 397 g/mol. The van der Waals surface area contributed by atoms with Gasteiger partial charge in [0.2, 0.25) is 11.7 Å². The third-order valence-electron chi connectivity index (χ3n) is 5.54. The maximum absolute atomic E-state index is 12.7. The van der Waals surface area contributed by atoms with Crippen molar-refractivity contribution in [3.8, 4) is 17.3 Å². The van der Waals surface area contributed by atoms with E-state index in [1.165, 1.54) is 25.0 Å². The highest BCUT2D eigenvalue weighted by Crippen LogP contribution is 2.56. The molecule has 3 aromatic rings. The fraction of sp³-hybridized carbons (Fsp3) is 0.381. The third-order valence-corrected chi connectivity index (χ3v) is 5.54. The molecule has 2 aromatic heterocycles. The largest absolute Gasteiger partial charge is 0.573 e. The van der Waals surface area contributed by atoms with E-state index in [1.54, 1.807) is 18.3 Å². The Hall–Kier alpha value is -3.10. The SMILES string of the molecule is FC(F)(F)Oc1ccccc1C1CC1c1nc(-c2ccc(N3CCCC3)cn2)no1. The van der Waals surface area contributed by atoms with Gasteiger partial charge in [0, 0.05) is 19.0 Å². The molecule has 1 aliphatic carbocycles. The minimum absolute atomic E-state index is 0.131. The van der Waals surface area contributed by atoms with Crippen molar-refractivity contribution in [2.24, 2.45) is 0 Å². The molecule has 1 saturated carbocycles. The first-order valence-electron chi connectivity index (χ1n) is 9.87. The van der Waals surface area contributed by atoms with Gasteiger partial charge in [-0.05, 0) is 48.9 Å². The Morgan fingerprint density at radius 3 is 2.57 bits per heavy atom. The second-order valence-corrected chi connectivity index (χ2v) is 7.59. The van der Waals surface area contributed by atoms with Crippen molar-refractivity contribution < 1.29 is 22.4 Å². The predicted molar refractivity (Wildman–Crippen MR) is 102 cm³/mol. The molecule has 0 bridgehead atoms. The topological polar surface area (TPSA) is 64.3 Å². The van der Waals surface area contributed by atoms with Crippen LogP contribution in [0.5, 0.6) is 5.75 Å². The zero-order chi connectivity index (χ0) is 20.7. The number of pyridine rings is 1. The van der Waals surface area contributed by atoms with Crippen molar-refractivity contribution in [2.45, 2.75) is 37.5 Å².